The van der Waals surface area contributed by atoms with Gasteiger partial charge in [-0.1, -0.05) is 25.7 Å². The third kappa shape index (κ3) is 3.46. The summed E-state index contributed by atoms with van der Waals surface area (Å²) in [6, 6.07) is 4.42. The van der Waals surface area contributed by atoms with E-state index in [0.29, 0.717) is 5.69 Å². The highest BCUT2D eigenvalue weighted by Crippen LogP contribution is 2.29. The van der Waals surface area contributed by atoms with Gasteiger partial charge in [0, 0.05) is 17.7 Å². The van der Waals surface area contributed by atoms with Crippen molar-refractivity contribution < 1.29 is 9.72 Å². The highest BCUT2D eigenvalue weighted by molar-refractivity contribution is 5.94. The number of rotatable bonds is 4. The van der Waals surface area contributed by atoms with E-state index in [9.17, 15) is 14.9 Å². The molecule has 0 aliphatic heterocycles. The number of primary amides is 1. The molecular formula is C14H19N3O3. The fraction of sp³-hybridized carbons (Fsp3) is 0.500. The maximum atomic E-state index is 11.2. The maximum Gasteiger partial charge on any atom is 0.292 e. The minimum absolute atomic E-state index is 0.0146. The zero-order valence-corrected chi connectivity index (χ0v) is 11.3. The Morgan fingerprint density at radius 3 is 2.45 bits per heavy atom. The van der Waals surface area contributed by atoms with Crippen LogP contribution in [0.15, 0.2) is 18.2 Å². The number of benzene rings is 1. The van der Waals surface area contributed by atoms with Gasteiger partial charge in [-0.2, -0.15) is 0 Å². The zero-order valence-electron chi connectivity index (χ0n) is 11.3. The van der Waals surface area contributed by atoms with Crippen LogP contribution in [0.4, 0.5) is 11.4 Å². The Hall–Kier alpha value is -2.11. The third-order valence-electron chi connectivity index (χ3n) is 3.69. The first-order chi connectivity index (χ1) is 9.58. The Bertz CT molecular complexity index is 508. The summed E-state index contributed by atoms with van der Waals surface area (Å²) < 4.78 is 0. The molecule has 6 nitrogen and oxygen atoms in total. The molecular weight excluding hydrogens is 258 g/mol. The van der Waals surface area contributed by atoms with Crippen LogP contribution in [-0.2, 0) is 0 Å². The molecule has 6 heteroatoms. The molecule has 1 aromatic carbocycles. The van der Waals surface area contributed by atoms with Crippen LogP contribution in [0.25, 0.3) is 0 Å². The van der Waals surface area contributed by atoms with Gasteiger partial charge in [-0.3, -0.25) is 14.9 Å². The Morgan fingerprint density at radius 1 is 1.25 bits per heavy atom. The van der Waals surface area contributed by atoms with Gasteiger partial charge in [0.1, 0.15) is 5.69 Å². The average molecular weight is 277 g/mol. The largest absolute Gasteiger partial charge is 0.377 e. The van der Waals surface area contributed by atoms with Crippen LogP contribution in [0.5, 0.6) is 0 Å². The molecule has 2 rings (SSSR count). The molecule has 1 fully saturated rings. The molecule has 0 heterocycles. The molecule has 3 N–H and O–H groups in total. The Morgan fingerprint density at radius 2 is 1.90 bits per heavy atom. The number of nitrogens with two attached hydrogens (primary N) is 1. The Balaban J connectivity index is 2.24. The number of hydrogen-bond acceptors (Lipinski definition) is 4. The third-order valence-corrected chi connectivity index (χ3v) is 3.69. The number of nitro benzene ring substituents is 1. The molecule has 108 valence electrons. The van der Waals surface area contributed by atoms with Crippen molar-refractivity contribution in [3.63, 3.8) is 0 Å². The van der Waals surface area contributed by atoms with E-state index in [1.165, 1.54) is 31.0 Å². The summed E-state index contributed by atoms with van der Waals surface area (Å²) in [5.74, 6) is -0.580. The molecule has 0 spiro atoms. The van der Waals surface area contributed by atoms with Gasteiger partial charge in [0.15, 0.2) is 0 Å². The van der Waals surface area contributed by atoms with Crippen molar-refractivity contribution in [1.29, 1.82) is 0 Å². The fourth-order valence-corrected chi connectivity index (χ4v) is 2.61. The highest BCUT2D eigenvalue weighted by Gasteiger charge is 2.19. The number of anilines is 1. The van der Waals surface area contributed by atoms with Crippen molar-refractivity contribution in [2.45, 2.75) is 44.6 Å². The van der Waals surface area contributed by atoms with Crippen molar-refractivity contribution >= 4 is 17.3 Å². The smallest absolute Gasteiger partial charge is 0.292 e. The van der Waals surface area contributed by atoms with Gasteiger partial charge in [0.2, 0.25) is 5.91 Å². The minimum atomic E-state index is -0.580. The van der Waals surface area contributed by atoms with Crippen LogP contribution in [0.2, 0.25) is 0 Å². The van der Waals surface area contributed by atoms with E-state index in [1.807, 2.05) is 0 Å². The molecule has 0 saturated heterocycles. The summed E-state index contributed by atoms with van der Waals surface area (Å²) in [5, 5.41) is 14.3. The van der Waals surface area contributed by atoms with E-state index >= 15 is 0 Å². The number of carbonyl (C=O) groups is 1. The normalized spacial score (nSPS) is 16.4. The first-order valence-corrected chi connectivity index (χ1v) is 6.92. The summed E-state index contributed by atoms with van der Waals surface area (Å²) in [5.41, 5.74) is 5.89. The van der Waals surface area contributed by atoms with Crippen molar-refractivity contribution in [1.82, 2.24) is 0 Å². The molecule has 0 radical (unpaired) electrons. The highest BCUT2D eigenvalue weighted by atomic mass is 16.6. The van der Waals surface area contributed by atoms with E-state index < -0.39 is 10.8 Å². The van der Waals surface area contributed by atoms with E-state index in [-0.39, 0.29) is 17.3 Å². The van der Waals surface area contributed by atoms with Crippen LogP contribution in [0, 0.1) is 10.1 Å². The van der Waals surface area contributed by atoms with Gasteiger partial charge in [0.05, 0.1) is 4.92 Å². The predicted molar refractivity (Wildman–Crippen MR) is 76.7 cm³/mol. The summed E-state index contributed by atoms with van der Waals surface area (Å²) in [7, 11) is 0. The van der Waals surface area contributed by atoms with Crippen LogP contribution >= 0.6 is 0 Å². The van der Waals surface area contributed by atoms with Crippen molar-refractivity contribution in [2.24, 2.45) is 5.73 Å². The number of hydrogen-bond donors (Lipinski definition) is 2. The van der Waals surface area contributed by atoms with Crippen LogP contribution in [-0.4, -0.2) is 16.9 Å². The standard InChI is InChI=1S/C14H19N3O3/c15-14(18)10-7-8-13(17(19)20)12(9-10)16-11-5-3-1-2-4-6-11/h7-9,11,16H,1-6H2,(H2,15,18). The molecule has 0 bridgehead atoms. The Kier molecular flexibility index (Phi) is 4.55. The lowest BCUT2D eigenvalue weighted by molar-refractivity contribution is -0.384. The van der Waals surface area contributed by atoms with Gasteiger partial charge < -0.3 is 11.1 Å². The van der Waals surface area contributed by atoms with Crippen LogP contribution in [0.3, 0.4) is 0 Å². The average Bonchev–Trinajstić information content (AvgIpc) is 2.67. The predicted octanol–water partition coefficient (Wildman–Crippen LogP) is 2.83. The summed E-state index contributed by atoms with van der Waals surface area (Å²) >= 11 is 0. The lowest BCUT2D eigenvalue weighted by Crippen LogP contribution is -2.20. The van der Waals surface area contributed by atoms with E-state index in [0.717, 1.165) is 25.7 Å². The SMILES string of the molecule is NC(=O)c1ccc([N+](=O)[O-])c(NC2CCCCCC2)c1. The second-order valence-corrected chi connectivity index (χ2v) is 5.19. The van der Waals surface area contributed by atoms with Gasteiger partial charge in [-0.25, -0.2) is 0 Å². The maximum absolute atomic E-state index is 11.2. The van der Waals surface area contributed by atoms with Crippen molar-refractivity contribution in [3.8, 4) is 0 Å². The summed E-state index contributed by atoms with van der Waals surface area (Å²) in [4.78, 5) is 21.8. The van der Waals surface area contributed by atoms with Crippen LogP contribution in [0.1, 0.15) is 48.9 Å². The lowest BCUT2D eigenvalue weighted by Gasteiger charge is -2.18. The van der Waals surface area contributed by atoms with Gasteiger partial charge in [-0.15, -0.1) is 0 Å². The van der Waals surface area contributed by atoms with Crippen molar-refractivity contribution in [3.05, 3.63) is 33.9 Å². The number of amides is 1. The van der Waals surface area contributed by atoms with Crippen molar-refractivity contribution in [2.75, 3.05) is 5.32 Å². The summed E-state index contributed by atoms with van der Waals surface area (Å²) in [6.45, 7) is 0. The molecule has 20 heavy (non-hydrogen) atoms. The van der Waals surface area contributed by atoms with E-state index in [4.69, 9.17) is 5.73 Å². The molecule has 1 aliphatic rings. The second-order valence-electron chi connectivity index (χ2n) is 5.19. The first kappa shape index (κ1) is 14.3. The number of nitrogens with zero attached hydrogens (tertiary/aromatic N) is 1. The van der Waals surface area contributed by atoms with Gasteiger partial charge in [-0.05, 0) is 25.0 Å². The zero-order chi connectivity index (χ0) is 14.5. The summed E-state index contributed by atoms with van der Waals surface area (Å²) in [6.07, 6.45) is 6.67. The molecule has 1 amide bonds. The lowest BCUT2D eigenvalue weighted by atomic mass is 10.1. The van der Waals surface area contributed by atoms with Gasteiger partial charge in [0.25, 0.3) is 5.69 Å². The van der Waals surface area contributed by atoms with Crippen LogP contribution < -0.4 is 11.1 Å². The molecule has 1 saturated carbocycles. The fourth-order valence-electron chi connectivity index (χ4n) is 2.61. The topological polar surface area (TPSA) is 98.3 Å². The quantitative estimate of drug-likeness (QED) is 0.502. The monoisotopic (exact) mass is 277 g/mol. The Labute approximate surface area is 117 Å². The second kappa shape index (κ2) is 6.36. The number of carbonyl (C=O) groups excluding carboxylic acids is 1. The molecule has 0 atom stereocenters. The molecule has 1 aliphatic carbocycles. The minimum Gasteiger partial charge on any atom is -0.377 e. The molecule has 0 aromatic heterocycles. The van der Waals surface area contributed by atoms with E-state index in [1.54, 1.807) is 0 Å². The first-order valence-electron chi connectivity index (χ1n) is 6.92. The number of nitrogens with one attached hydrogen (secondary N) is 1. The molecule has 1 aromatic rings. The van der Waals surface area contributed by atoms with E-state index in [2.05, 4.69) is 5.32 Å². The van der Waals surface area contributed by atoms with Gasteiger partial charge >= 0.3 is 0 Å². The molecule has 0 unspecified atom stereocenters. The number of nitro groups is 1.